The minimum Gasteiger partial charge on any atom is -0.288 e. The molecule has 0 heterocycles. The summed E-state index contributed by atoms with van der Waals surface area (Å²) < 4.78 is 0. The zero-order valence-electron chi connectivity index (χ0n) is 10.9. The van der Waals surface area contributed by atoms with Crippen LogP contribution in [0, 0.1) is 21.6 Å². The van der Waals surface area contributed by atoms with Gasteiger partial charge in [-0.05, 0) is 58.3 Å². The Kier molecular flexibility index (Phi) is 4.03. The first-order chi connectivity index (χ1) is 10.1. The fraction of sp³-hybridized carbons (Fsp3) is 0.0714. The average Bonchev–Trinajstić information content (AvgIpc) is 2.53. The summed E-state index contributed by atoms with van der Waals surface area (Å²) in [5.74, 6) is -0.573. The van der Waals surface area contributed by atoms with Crippen LogP contribution in [0.4, 0.5) is 17.1 Å². The Morgan fingerprint density at radius 2 is 1.38 bits per heavy atom. The Morgan fingerprint density at radius 1 is 0.810 bits per heavy atom. The van der Waals surface area contributed by atoms with Gasteiger partial charge in [0.05, 0.1) is 11.1 Å². The first kappa shape index (κ1) is 14.3. The van der Waals surface area contributed by atoms with E-state index >= 15 is 0 Å². The van der Waals surface area contributed by atoms with Crippen LogP contribution in [0.1, 0.15) is 21.5 Å². The SMILES string of the molecule is Cc1ccc(C(=O)c2ccc(N=O)cc2N=O)c(N=O)c1. The number of carbonyl (C=O) groups excluding carboxylic acids is 1. The second-order valence-corrected chi connectivity index (χ2v) is 4.33. The third kappa shape index (κ3) is 2.76. The number of hydrogen-bond acceptors (Lipinski definition) is 7. The van der Waals surface area contributed by atoms with E-state index < -0.39 is 5.78 Å². The van der Waals surface area contributed by atoms with Crippen molar-refractivity contribution in [2.75, 3.05) is 0 Å². The molecule has 7 nitrogen and oxygen atoms in total. The van der Waals surface area contributed by atoms with Gasteiger partial charge in [0.1, 0.15) is 17.1 Å². The molecule has 2 aromatic rings. The molecule has 21 heavy (non-hydrogen) atoms. The molecular formula is C14H9N3O4. The van der Waals surface area contributed by atoms with Crippen LogP contribution in [0.5, 0.6) is 0 Å². The van der Waals surface area contributed by atoms with E-state index in [4.69, 9.17) is 0 Å². The number of nitroso groups, excluding NO2 is 3. The second-order valence-electron chi connectivity index (χ2n) is 4.33. The van der Waals surface area contributed by atoms with Crippen LogP contribution >= 0.6 is 0 Å². The van der Waals surface area contributed by atoms with Crippen LogP contribution in [0.25, 0.3) is 0 Å². The fourth-order valence-electron chi connectivity index (χ4n) is 1.90. The average molecular weight is 283 g/mol. The van der Waals surface area contributed by atoms with Gasteiger partial charge in [0, 0.05) is 0 Å². The number of hydrogen-bond donors (Lipinski definition) is 0. The Balaban J connectivity index is 2.57. The van der Waals surface area contributed by atoms with E-state index in [2.05, 4.69) is 15.5 Å². The standard InChI is InChI=1S/C14H9N3O4/c1-8-2-4-10(12(6-8)16-20)14(18)11-5-3-9(15-19)7-13(11)17-21/h2-7H,1H3. The van der Waals surface area contributed by atoms with Gasteiger partial charge < -0.3 is 0 Å². The van der Waals surface area contributed by atoms with E-state index in [-0.39, 0.29) is 28.2 Å². The maximum atomic E-state index is 12.4. The lowest BCUT2D eigenvalue weighted by atomic mass is 9.99. The summed E-state index contributed by atoms with van der Waals surface area (Å²) in [6, 6.07) is 8.23. The van der Waals surface area contributed by atoms with E-state index in [9.17, 15) is 19.5 Å². The molecule has 0 aliphatic carbocycles. The monoisotopic (exact) mass is 283 g/mol. The highest BCUT2D eigenvalue weighted by Crippen LogP contribution is 2.30. The number of nitrogens with zero attached hydrogens (tertiary/aromatic N) is 3. The van der Waals surface area contributed by atoms with Crippen LogP contribution in [0.3, 0.4) is 0 Å². The molecule has 0 unspecified atom stereocenters. The summed E-state index contributed by atoms with van der Waals surface area (Å²) in [6.07, 6.45) is 0. The third-order valence-corrected chi connectivity index (χ3v) is 2.93. The quantitative estimate of drug-likeness (QED) is 0.598. The molecule has 0 amide bonds. The van der Waals surface area contributed by atoms with Crippen molar-refractivity contribution in [2.45, 2.75) is 6.92 Å². The lowest BCUT2D eigenvalue weighted by Crippen LogP contribution is -2.02. The molecule has 2 rings (SSSR count). The van der Waals surface area contributed by atoms with Gasteiger partial charge in [0.2, 0.25) is 0 Å². The largest absolute Gasteiger partial charge is 0.288 e. The molecule has 0 saturated carbocycles. The van der Waals surface area contributed by atoms with Crippen LogP contribution in [0.2, 0.25) is 0 Å². The maximum absolute atomic E-state index is 12.4. The molecule has 7 heteroatoms. The zero-order chi connectivity index (χ0) is 15.4. The van der Waals surface area contributed by atoms with E-state index in [1.807, 2.05) is 0 Å². The van der Waals surface area contributed by atoms with Crippen molar-refractivity contribution in [3.8, 4) is 0 Å². The highest BCUT2D eigenvalue weighted by molar-refractivity contribution is 6.14. The summed E-state index contributed by atoms with van der Waals surface area (Å²) in [6.45, 7) is 1.76. The van der Waals surface area contributed by atoms with Gasteiger partial charge in [0.15, 0.2) is 5.78 Å². The van der Waals surface area contributed by atoms with Crippen molar-refractivity contribution < 1.29 is 4.79 Å². The lowest BCUT2D eigenvalue weighted by Gasteiger charge is -2.06. The molecule has 0 N–H and O–H groups in total. The fourth-order valence-corrected chi connectivity index (χ4v) is 1.90. The normalized spacial score (nSPS) is 9.95. The maximum Gasteiger partial charge on any atom is 0.197 e. The van der Waals surface area contributed by atoms with E-state index in [1.165, 1.54) is 24.3 Å². The van der Waals surface area contributed by atoms with E-state index in [0.29, 0.717) is 0 Å². The Labute approximate surface area is 118 Å². The minimum atomic E-state index is -0.573. The van der Waals surface area contributed by atoms with Gasteiger partial charge in [0.25, 0.3) is 0 Å². The number of aryl methyl sites for hydroxylation is 1. The summed E-state index contributed by atoms with van der Waals surface area (Å²) >= 11 is 0. The predicted octanol–water partition coefficient (Wildman–Crippen LogP) is 4.42. The Hall–Kier alpha value is -3.09. The van der Waals surface area contributed by atoms with Gasteiger partial charge in [-0.3, -0.25) is 4.79 Å². The summed E-state index contributed by atoms with van der Waals surface area (Å²) in [5, 5.41) is 8.21. The molecule has 2 aromatic carbocycles. The summed E-state index contributed by atoms with van der Waals surface area (Å²) in [4.78, 5) is 44.5. The van der Waals surface area contributed by atoms with Crippen molar-refractivity contribution in [1.82, 2.24) is 0 Å². The van der Waals surface area contributed by atoms with Gasteiger partial charge in [-0.25, -0.2) is 0 Å². The smallest absolute Gasteiger partial charge is 0.197 e. The number of rotatable bonds is 5. The molecule has 0 aliphatic rings. The molecule has 0 aliphatic heterocycles. The third-order valence-electron chi connectivity index (χ3n) is 2.93. The molecule has 104 valence electrons. The van der Waals surface area contributed by atoms with Crippen molar-refractivity contribution in [3.63, 3.8) is 0 Å². The molecule has 0 atom stereocenters. The van der Waals surface area contributed by atoms with Gasteiger partial charge in [-0.2, -0.15) is 0 Å². The number of carbonyl (C=O) groups is 1. The van der Waals surface area contributed by atoms with Crippen molar-refractivity contribution >= 4 is 22.8 Å². The van der Waals surface area contributed by atoms with Crippen LogP contribution in [-0.2, 0) is 0 Å². The lowest BCUT2D eigenvalue weighted by molar-refractivity contribution is 0.104. The topological polar surface area (TPSA) is 105 Å². The van der Waals surface area contributed by atoms with Gasteiger partial charge >= 0.3 is 0 Å². The molecule has 0 spiro atoms. The summed E-state index contributed by atoms with van der Waals surface area (Å²) in [7, 11) is 0. The summed E-state index contributed by atoms with van der Waals surface area (Å²) in [5.41, 5.74) is 0.566. The molecular weight excluding hydrogens is 274 g/mol. The second kappa shape index (κ2) is 5.91. The molecule has 0 radical (unpaired) electrons. The Morgan fingerprint density at radius 3 is 1.95 bits per heavy atom. The van der Waals surface area contributed by atoms with E-state index in [1.54, 1.807) is 13.0 Å². The van der Waals surface area contributed by atoms with Crippen LogP contribution in [0.15, 0.2) is 51.9 Å². The molecule has 0 saturated heterocycles. The molecule has 0 fully saturated rings. The van der Waals surface area contributed by atoms with Crippen molar-refractivity contribution in [3.05, 3.63) is 67.8 Å². The highest BCUT2D eigenvalue weighted by atomic mass is 16.3. The van der Waals surface area contributed by atoms with Crippen molar-refractivity contribution in [1.29, 1.82) is 0 Å². The number of benzene rings is 2. The predicted molar refractivity (Wildman–Crippen MR) is 77.4 cm³/mol. The molecule has 0 aromatic heterocycles. The van der Waals surface area contributed by atoms with Gasteiger partial charge in [-0.1, -0.05) is 6.07 Å². The molecule has 0 bridgehead atoms. The number of ketones is 1. The van der Waals surface area contributed by atoms with Gasteiger partial charge in [-0.15, -0.1) is 14.7 Å². The van der Waals surface area contributed by atoms with Crippen molar-refractivity contribution in [2.24, 2.45) is 15.5 Å². The minimum absolute atomic E-state index is 0.0150. The highest BCUT2D eigenvalue weighted by Gasteiger charge is 2.19. The zero-order valence-corrected chi connectivity index (χ0v) is 10.9. The Bertz CT molecular complexity index is 756. The first-order valence-corrected chi connectivity index (χ1v) is 5.90. The van der Waals surface area contributed by atoms with Crippen LogP contribution in [-0.4, -0.2) is 5.78 Å². The first-order valence-electron chi connectivity index (χ1n) is 5.90. The van der Waals surface area contributed by atoms with E-state index in [0.717, 1.165) is 11.6 Å². The van der Waals surface area contributed by atoms with Crippen LogP contribution < -0.4 is 0 Å².